The smallest absolute Gasteiger partial charge is 0.165 e. The molecule has 0 saturated carbocycles. The largest absolute Gasteiger partial charge is 0.294 e. The molecule has 1 aromatic carbocycles. The number of hydrogen-bond acceptors (Lipinski definition) is 1. The number of benzene rings is 1. The first-order valence-corrected chi connectivity index (χ1v) is 6.06. The lowest BCUT2D eigenvalue weighted by Crippen LogP contribution is -2.12. The monoisotopic (exact) mass is 302 g/mol. The quantitative estimate of drug-likeness (QED) is 0.609. The maximum atomic E-state index is 12.0. The summed E-state index contributed by atoms with van der Waals surface area (Å²) < 4.78 is 1.12. The van der Waals surface area contributed by atoms with E-state index in [1.165, 1.54) is 0 Å². The van der Waals surface area contributed by atoms with Gasteiger partial charge in [-0.1, -0.05) is 26.0 Å². The van der Waals surface area contributed by atoms with Crippen LogP contribution in [-0.2, 0) is 0 Å². The molecule has 0 radical (unpaired) electrons. The molecule has 0 atom stereocenters. The van der Waals surface area contributed by atoms with Gasteiger partial charge in [0.2, 0.25) is 0 Å². The Morgan fingerprint density at radius 3 is 2.50 bits per heavy atom. The molecule has 1 nitrogen and oxygen atoms in total. The van der Waals surface area contributed by atoms with Gasteiger partial charge < -0.3 is 0 Å². The zero-order chi connectivity index (χ0) is 10.6. The molecule has 0 amide bonds. The van der Waals surface area contributed by atoms with Crippen molar-refractivity contribution in [1.82, 2.24) is 0 Å². The van der Waals surface area contributed by atoms with E-state index in [-0.39, 0.29) is 11.7 Å². The van der Waals surface area contributed by atoms with E-state index in [1.54, 1.807) is 0 Å². The van der Waals surface area contributed by atoms with Crippen LogP contribution in [0.2, 0.25) is 0 Å². The van der Waals surface area contributed by atoms with Crippen LogP contribution >= 0.6 is 22.6 Å². The van der Waals surface area contributed by atoms with Gasteiger partial charge in [-0.2, -0.15) is 0 Å². The van der Waals surface area contributed by atoms with Gasteiger partial charge in [-0.3, -0.25) is 4.79 Å². The van der Waals surface area contributed by atoms with E-state index >= 15 is 0 Å². The second kappa shape index (κ2) is 5.49. The molecule has 0 N–H and O–H groups in total. The van der Waals surface area contributed by atoms with E-state index in [0.717, 1.165) is 22.0 Å². The Morgan fingerprint density at radius 2 is 2.00 bits per heavy atom. The third-order valence-corrected chi connectivity index (χ3v) is 3.14. The number of Topliss-reactive ketones (excluding diaryl/α,β-unsaturated/α-hetero) is 1. The Hall–Kier alpha value is -0.380. The summed E-state index contributed by atoms with van der Waals surface area (Å²) in [6.07, 6.45) is 1.86. The molecule has 76 valence electrons. The van der Waals surface area contributed by atoms with Crippen molar-refractivity contribution in [1.29, 1.82) is 0 Å². The van der Waals surface area contributed by atoms with Crippen molar-refractivity contribution in [3.05, 3.63) is 33.4 Å². The summed E-state index contributed by atoms with van der Waals surface area (Å²) in [5.41, 5.74) is 0.852. The molecule has 0 spiro atoms. The van der Waals surface area contributed by atoms with Gasteiger partial charge in [0.05, 0.1) is 0 Å². The summed E-state index contributed by atoms with van der Waals surface area (Å²) in [5.74, 6) is 0.474. The van der Waals surface area contributed by atoms with Gasteiger partial charge in [0.25, 0.3) is 0 Å². The molecule has 0 fully saturated rings. The first kappa shape index (κ1) is 11.7. The molecule has 0 bridgehead atoms. The van der Waals surface area contributed by atoms with Crippen LogP contribution in [0, 0.1) is 9.49 Å². The van der Waals surface area contributed by atoms with Crippen LogP contribution in [0.25, 0.3) is 0 Å². The van der Waals surface area contributed by atoms with Crippen molar-refractivity contribution in [2.45, 2.75) is 26.7 Å². The average Bonchev–Trinajstić information content (AvgIpc) is 2.19. The van der Waals surface area contributed by atoms with E-state index in [1.807, 2.05) is 24.3 Å². The van der Waals surface area contributed by atoms with Crippen molar-refractivity contribution in [3.63, 3.8) is 0 Å². The number of carbonyl (C=O) groups excluding carboxylic acids is 1. The van der Waals surface area contributed by atoms with E-state index < -0.39 is 0 Å². The van der Waals surface area contributed by atoms with E-state index in [0.29, 0.717) is 0 Å². The van der Waals surface area contributed by atoms with Crippen LogP contribution in [0.15, 0.2) is 24.3 Å². The predicted octanol–water partition coefficient (Wildman–Crippen LogP) is 3.91. The molecule has 0 unspecified atom stereocenters. The summed E-state index contributed by atoms with van der Waals surface area (Å²) in [5, 5.41) is 0. The van der Waals surface area contributed by atoms with Crippen molar-refractivity contribution in [2.24, 2.45) is 5.92 Å². The van der Waals surface area contributed by atoms with Crippen LogP contribution in [0.4, 0.5) is 0 Å². The Bertz CT molecular complexity index is 316. The molecule has 1 rings (SSSR count). The highest BCUT2D eigenvalue weighted by molar-refractivity contribution is 14.1. The first-order valence-electron chi connectivity index (χ1n) is 4.98. The molecule has 1 aromatic rings. The van der Waals surface area contributed by atoms with E-state index in [9.17, 15) is 4.79 Å². The highest BCUT2D eigenvalue weighted by Gasteiger charge is 2.15. The Kier molecular flexibility index (Phi) is 4.58. The summed E-state index contributed by atoms with van der Waals surface area (Å²) in [7, 11) is 0. The van der Waals surface area contributed by atoms with Crippen LogP contribution < -0.4 is 0 Å². The average molecular weight is 302 g/mol. The normalized spacial score (nSPS) is 10.6. The summed E-state index contributed by atoms with van der Waals surface area (Å²) in [6.45, 7) is 4.14. The number of hydrogen-bond donors (Lipinski definition) is 0. The van der Waals surface area contributed by atoms with Crippen LogP contribution in [-0.4, -0.2) is 5.78 Å². The Balaban J connectivity index is 2.88. The summed E-state index contributed by atoms with van der Waals surface area (Å²) in [6, 6.07) is 7.81. The molecule has 0 aliphatic rings. The minimum absolute atomic E-state index is 0.188. The first-order chi connectivity index (χ1) is 6.69. The van der Waals surface area contributed by atoms with Gasteiger partial charge in [-0.25, -0.2) is 0 Å². The minimum atomic E-state index is 0.188. The molecular weight excluding hydrogens is 287 g/mol. The van der Waals surface area contributed by atoms with Crippen LogP contribution in [0.5, 0.6) is 0 Å². The molecule has 14 heavy (non-hydrogen) atoms. The van der Waals surface area contributed by atoms with Crippen LogP contribution in [0.1, 0.15) is 37.0 Å². The molecule has 0 aliphatic heterocycles. The minimum Gasteiger partial charge on any atom is -0.294 e. The maximum absolute atomic E-state index is 12.0. The lowest BCUT2D eigenvalue weighted by molar-refractivity contribution is 0.0913. The number of rotatable bonds is 4. The molecule has 0 aliphatic carbocycles. The fourth-order valence-corrected chi connectivity index (χ4v) is 2.08. The molecule has 0 heterocycles. The van der Waals surface area contributed by atoms with Gasteiger partial charge in [-0.05, 0) is 47.6 Å². The predicted molar refractivity (Wildman–Crippen MR) is 67.6 cm³/mol. The zero-order valence-electron chi connectivity index (χ0n) is 8.59. The van der Waals surface area contributed by atoms with Crippen molar-refractivity contribution in [2.75, 3.05) is 0 Å². The van der Waals surface area contributed by atoms with Gasteiger partial charge >= 0.3 is 0 Å². The molecule has 0 saturated heterocycles. The molecule has 0 aromatic heterocycles. The fourth-order valence-electron chi connectivity index (χ4n) is 1.54. The van der Waals surface area contributed by atoms with E-state index in [4.69, 9.17) is 0 Å². The van der Waals surface area contributed by atoms with Gasteiger partial charge in [-0.15, -0.1) is 0 Å². The zero-order valence-corrected chi connectivity index (χ0v) is 10.7. The highest BCUT2D eigenvalue weighted by atomic mass is 127. The molecular formula is C12H15IO. The summed E-state index contributed by atoms with van der Waals surface area (Å²) in [4.78, 5) is 12.0. The lowest BCUT2D eigenvalue weighted by Gasteiger charge is -2.10. The SMILES string of the molecule is CCC(CC)C(=O)c1cccc(I)c1. The number of halogens is 1. The van der Waals surface area contributed by atoms with E-state index in [2.05, 4.69) is 36.4 Å². The third kappa shape index (κ3) is 2.80. The van der Waals surface area contributed by atoms with Gasteiger partial charge in [0.15, 0.2) is 5.78 Å². The standard InChI is InChI=1S/C12H15IO/c1-3-9(4-2)12(14)10-6-5-7-11(13)8-10/h5-9H,3-4H2,1-2H3. The Labute approximate surface area is 99.0 Å². The highest BCUT2D eigenvalue weighted by Crippen LogP contribution is 2.17. The summed E-state index contributed by atoms with van der Waals surface area (Å²) >= 11 is 2.23. The lowest BCUT2D eigenvalue weighted by atomic mass is 9.93. The van der Waals surface area contributed by atoms with Crippen molar-refractivity contribution < 1.29 is 4.79 Å². The fraction of sp³-hybridized carbons (Fsp3) is 0.417. The second-order valence-electron chi connectivity index (χ2n) is 3.39. The second-order valence-corrected chi connectivity index (χ2v) is 4.63. The van der Waals surface area contributed by atoms with Gasteiger partial charge in [0.1, 0.15) is 0 Å². The van der Waals surface area contributed by atoms with Crippen molar-refractivity contribution >= 4 is 28.4 Å². The van der Waals surface area contributed by atoms with Gasteiger partial charge in [0, 0.05) is 15.1 Å². The number of carbonyl (C=O) groups is 1. The molecule has 2 heteroatoms. The maximum Gasteiger partial charge on any atom is 0.165 e. The van der Waals surface area contributed by atoms with Crippen molar-refractivity contribution in [3.8, 4) is 0 Å². The topological polar surface area (TPSA) is 17.1 Å². The third-order valence-electron chi connectivity index (χ3n) is 2.47. The number of ketones is 1. The van der Waals surface area contributed by atoms with Crippen LogP contribution in [0.3, 0.4) is 0 Å². The Morgan fingerprint density at radius 1 is 1.36 bits per heavy atom.